The first kappa shape index (κ1) is 14.6. The maximum Gasteiger partial charge on any atom is 0.122 e. The molecule has 0 saturated heterocycles. The summed E-state index contributed by atoms with van der Waals surface area (Å²) >= 11 is 0. The Labute approximate surface area is 122 Å². The summed E-state index contributed by atoms with van der Waals surface area (Å²) in [5.74, 6) is 0.995. The van der Waals surface area contributed by atoms with Crippen LogP contribution < -0.4 is 4.74 Å². The van der Waals surface area contributed by atoms with Crippen LogP contribution in [-0.4, -0.2) is 0 Å². The molecule has 0 amide bonds. The van der Waals surface area contributed by atoms with Gasteiger partial charge in [0.1, 0.15) is 12.4 Å². The molecule has 2 aromatic rings. The Balaban J connectivity index is 2.04. The minimum atomic E-state index is 0.203. The van der Waals surface area contributed by atoms with E-state index in [1.165, 1.54) is 16.7 Å². The topological polar surface area (TPSA) is 9.23 Å². The molecule has 0 bridgehead atoms. The van der Waals surface area contributed by atoms with Crippen LogP contribution in [0, 0.1) is 0 Å². The lowest BCUT2D eigenvalue weighted by atomic mass is 9.87. The molecule has 0 aromatic heterocycles. The van der Waals surface area contributed by atoms with Gasteiger partial charge in [-0.1, -0.05) is 70.2 Å². The van der Waals surface area contributed by atoms with Gasteiger partial charge in [0.25, 0.3) is 0 Å². The van der Waals surface area contributed by atoms with Crippen LogP contribution in [0.2, 0.25) is 0 Å². The van der Waals surface area contributed by atoms with Crippen LogP contribution in [0.3, 0.4) is 0 Å². The van der Waals surface area contributed by atoms with Gasteiger partial charge in [-0.25, -0.2) is 0 Å². The van der Waals surface area contributed by atoms with E-state index in [9.17, 15) is 0 Å². The van der Waals surface area contributed by atoms with Gasteiger partial charge in [-0.3, -0.25) is 0 Å². The largest absolute Gasteiger partial charge is 0.489 e. The summed E-state index contributed by atoms with van der Waals surface area (Å²) in [5, 5.41) is 0. The van der Waals surface area contributed by atoms with Gasteiger partial charge in [-0.05, 0) is 34.6 Å². The Morgan fingerprint density at radius 2 is 1.55 bits per heavy atom. The van der Waals surface area contributed by atoms with E-state index in [1.54, 1.807) is 0 Å². The predicted molar refractivity (Wildman–Crippen MR) is 85.3 cm³/mol. The van der Waals surface area contributed by atoms with Gasteiger partial charge in [-0.15, -0.1) is 0 Å². The molecule has 106 valence electrons. The molecule has 0 heterocycles. The van der Waals surface area contributed by atoms with Crippen molar-refractivity contribution >= 4 is 0 Å². The van der Waals surface area contributed by atoms with Gasteiger partial charge in [0, 0.05) is 0 Å². The molecule has 0 radical (unpaired) electrons. The van der Waals surface area contributed by atoms with Gasteiger partial charge < -0.3 is 4.74 Å². The summed E-state index contributed by atoms with van der Waals surface area (Å²) in [5.41, 5.74) is 4.03. The summed E-state index contributed by atoms with van der Waals surface area (Å²) in [6.45, 7) is 9.48. The van der Waals surface area contributed by atoms with Crippen LogP contribution in [0.5, 0.6) is 5.75 Å². The van der Waals surface area contributed by atoms with Crippen LogP contribution in [0.4, 0.5) is 0 Å². The molecule has 0 atom stereocenters. The van der Waals surface area contributed by atoms with Crippen molar-refractivity contribution in [2.24, 2.45) is 0 Å². The van der Waals surface area contributed by atoms with Crippen LogP contribution in [0.15, 0.2) is 48.5 Å². The third-order valence-corrected chi connectivity index (χ3v) is 3.57. The molecule has 0 fully saturated rings. The molecule has 0 saturated carbocycles. The monoisotopic (exact) mass is 268 g/mol. The Hall–Kier alpha value is -1.76. The highest BCUT2D eigenvalue weighted by molar-refractivity contribution is 5.34. The first-order chi connectivity index (χ1) is 9.50. The van der Waals surface area contributed by atoms with E-state index in [0.29, 0.717) is 6.61 Å². The van der Waals surface area contributed by atoms with E-state index in [2.05, 4.69) is 64.1 Å². The fraction of sp³-hybridized carbons (Fsp3) is 0.368. The minimum Gasteiger partial charge on any atom is -0.489 e. The SMILES string of the molecule is CCc1ccccc1OCc1ccc(C(C)(C)C)cc1. The molecule has 20 heavy (non-hydrogen) atoms. The average Bonchev–Trinajstić information content (AvgIpc) is 2.45. The first-order valence-electron chi connectivity index (χ1n) is 7.31. The highest BCUT2D eigenvalue weighted by Crippen LogP contribution is 2.23. The maximum atomic E-state index is 5.94. The number of rotatable bonds is 4. The van der Waals surface area contributed by atoms with Gasteiger partial charge in [0.15, 0.2) is 0 Å². The standard InChI is InChI=1S/C19H24O/c1-5-16-8-6-7-9-18(16)20-14-15-10-12-17(13-11-15)19(2,3)4/h6-13H,5,14H2,1-4H3. The van der Waals surface area contributed by atoms with Crippen molar-refractivity contribution in [1.82, 2.24) is 0 Å². The van der Waals surface area contributed by atoms with Crippen LogP contribution >= 0.6 is 0 Å². The molecule has 2 aromatic carbocycles. The highest BCUT2D eigenvalue weighted by Gasteiger charge is 2.12. The molecule has 2 rings (SSSR count). The normalized spacial score (nSPS) is 11.4. The van der Waals surface area contributed by atoms with Crippen LogP contribution in [0.1, 0.15) is 44.4 Å². The molecule has 0 aliphatic rings. The Bertz CT molecular complexity index is 547. The summed E-state index contributed by atoms with van der Waals surface area (Å²) in [6.07, 6.45) is 0.999. The summed E-state index contributed by atoms with van der Waals surface area (Å²) in [7, 11) is 0. The quantitative estimate of drug-likeness (QED) is 0.747. The van der Waals surface area contributed by atoms with E-state index in [1.807, 2.05) is 12.1 Å². The molecule has 0 spiro atoms. The number of hydrogen-bond donors (Lipinski definition) is 0. The molecule has 0 unspecified atom stereocenters. The zero-order valence-corrected chi connectivity index (χ0v) is 12.9. The lowest BCUT2D eigenvalue weighted by molar-refractivity contribution is 0.303. The van der Waals surface area contributed by atoms with E-state index in [4.69, 9.17) is 4.74 Å². The second-order valence-corrected chi connectivity index (χ2v) is 6.20. The van der Waals surface area contributed by atoms with Gasteiger partial charge >= 0.3 is 0 Å². The lowest BCUT2D eigenvalue weighted by Gasteiger charge is -2.19. The van der Waals surface area contributed by atoms with Gasteiger partial charge in [0.05, 0.1) is 0 Å². The molecular formula is C19H24O. The summed E-state index contributed by atoms with van der Waals surface area (Å²) in [4.78, 5) is 0. The van der Waals surface area contributed by atoms with Gasteiger partial charge in [0.2, 0.25) is 0 Å². The van der Waals surface area contributed by atoms with Crippen molar-refractivity contribution in [2.75, 3.05) is 0 Å². The minimum absolute atomic E-state index is 0.203. The summed E-state index contributed by atoms with van der Waals surface area (Å²) < 4.78 is 5.94. The smallest absolute Gasteiger partial charge is 0.122 e. The zero-order chi connectivity index (χ0) is 14.6. The lowest BCUT2D eigenvalue weighted by Crippen LogP contribution is -2.10. The van der Waals surface area contributed by atoms with Crippen molar-refractivity contribution in [3.8, 4) is 5.75 Å². The molecule has 0 N–H and O–H groups in total. The van der Waals surface area contributed by atoms with E-state index < -0.39 is 0 Å². The molecule has 1 heteroatoms. The fourth-order valence-corrected chi connectivity index (χ4v) is 2.20. The van der Waals surface area contributed by atoms with Gasteiger partial charge in [-0.2, -0.15) is 0 Å². The molecule has 0 aliphatic heterocycles. The Morgan fingerprint density at radius 1 is 0.900 bits per heavy atom. The van der Waals surface area contributed by atoms with Crippen LogP contribution in [0.25, 0.3) is 0 Å². The van der Waals surface area contributed by atoms with E-state index in [-0.39, 0.29) is 5.41 Å². The highest BCUT2D eigenvalue weighted by atomic mass is 16.5. The van der Waals surface area contributed by atoms with Crippen molar-refractivity contribution in [3.63, 3.8) is 0 Å². The Morgan fingerprint density at radius 3 is 2.15 bits per heavy atom. The Kier molecular flexibility index (Phi) is 4.49. The van der Waals surface area contributed by atoms with Crippen molar-refractivity contribution in [2.45, 2.75) is 46.1 Å². The average molecular weight is 268 g/mol. The molecule has 1 nitrogen and oxygen atoms in total. The zero-order valence-electron chi connectivity index (χ0n) is 12.9. The van der Waals surface area contributed by atoms with Crippen molar-refractivity contribution < 1.29 is 4.74 Å². The molecular weight excluding hydrogens is 244 g/mol. The third-order valence-electron chi connectivity index (χ3n) is 3.57. The predicted octanol–water partition coefficient (Wildman–Crippen LogP) is 5.13. The number of para-hydroxylation sites is 1. The number of hydrogen-bond acceptors (Lipinski definition) is 1. The summed E-state index contributed by atoms with van der Waals surface area (Å²) in [6, 6.07) is 17.0. The van der Waals surface area contributed by atoms with E-state index in [0.717, 1.165) is 12.2 Å². The number of ether oxygens (including phenoxy) is 1. The molecule has 0 aliphatic carbocycles. The number of benzene rings is 2. The second-order valence-electron chi connectivity index (χ2n) is 6.20. The second kappa shape index (κ2) is 6.13. The van der Waals surface area contributed by atoms with Crippen LogP contribution in [-0.2, 0) is 18.4 Å². The first-order valence-corrected chi connectivity index (χ1v) is 7.31. The third kappa shape index (κ3) is 3.63. The van der Waals surface area contributed by atoms with Crippen molar-refractivity contribution in [1.29, 1.82) is 0 Å². The van der Waals surface area contributed by atoms with E-state index >= 15 is 0 Å². The maximum absolute atomic E-state index is 5.94. The number of aryl methyl sites for hydroxylation is 1. The fourth-order valence-electron chi connectivity index (χ4n) is 2.20. The van der Waals surface area contributed by atoms with Crippen molar-refractivity contribution in [3.05, 3.63) is 65.2 Å².